The van der Waals surface area contributed by atoms with Crippen molar-refractivity contribution in [3.05, 3.63) is 58.8 Å². The maximum atomic E-state index is 13.2. The number of alkyl halides is 3. The Balaban J connectivity index is 1.61. The number of hydrogen-bond donors (Lipinski definition) is 1. The number of halogens is 3. The molecule has 3 rings (SSSR count). The van der Waals surface area contributed by atoms with E-state index in [1.807, 2.05) is 25.7 Å². The van der Waals surface area contributed by atoms with Crippen molar-refractivity contribution in [1.29, 1.82) is 0 Å². The van der Waals surface area contributed by atoms with E-state index in [9.17, 15) is 18.0 Å². The number of nitrogens with zero attached hydrogens (tertiary/aromatic N) is 3. The van der Waals surface area contributed by atoms with Gasteiger partial charge < -0.3 is 10.2 Å². The van der Waals surface area contributed by atoms with Gasteiger partial charge in [-0.15, -0.1) is 10.2 Å². The first-order valence-electron chi connectivity index (χ1n) is 10.3. The van der Waals surface area contributed by atoms with Crippen LogP contribution in [0.3, 0.4) is 0 Å². The Bertz CT molecular complexity index is 937. The van der Waals surface area contributed by atoms with Crippen LogP contribution in [0.4, 0.5) is 19.0 Å². The summed E-state index contributed by atoms with van der Waals surface area (Å²) in [7, 11) is 0. The number of carbonyl (C=O) groups is 1. The Morgan fingerprint density at radius 3 is 2.32 bits per heavy atom. The summed E-state index contributed by atoms with van der Waals surface area (Å²) in [5, 5.41) is 11.0. The van der Waals surface area contributed by atoms with Gasteiger partial charge in [-0.3, -0.25) is 4.79 Å². The van der Waals surface area contributed by atoms with Gasteiger partial charge in [-0.1, -0.05) is 50.6 Å². The molecule has 1 aliphatic heterocycles. The van der Waals surface area contributed by atoms with E-state index in [0.29, 0.717) is 38.3 Å². The van der Waals surface area contributed by atoms with Crippen LogP contribution in [0.2, 0.25) is 0 Å². The van der Waals surface area contributed by atoms with Gasteiger partial charge in [-0.05, 0) is 42.0 Å². The molecule has 0 unspecified atom stereocenters. The van der Waals surface area contributed by atoms with E-state index in [-0.39, 0.29) is 22.6 Å². The van der Waals surface area contributed by atoms with E-state index in [2.05, 4.69) is 15.5 Å². The number of hydrogen-bond acceptors (Lipinski definition) is 4. The second kappa shape index (κ2) is 9.08. The van der Waals surface area contributed by atoms with Crippen LogP contribution in [0.15, 0.2) is 42.0 Å². The highest BCUT2D eigenvalue weighted by molar-refractivity contribution is 5.92. The molecule has 0 spiro atoms. The first-order valence-corrected chi connectivity index (χ1v) is 10.3. The number of nitrogens with one attached hydrogen (secondary N) is 1. The molecule has 0 atom stereocenters. The van der Waals surface area contributed by atoms with Gasteiger partial charge in [0.1, 0.15) is 0 Å². The van der Waals surface area contributed by atoms with Crippen molar-refractivity contribution in [2.75, 3.05) is 24.5 Å². The van der Waals surface area contributed by atoms with Crippen molar-refractivity contribution in [2.24, 2.45) is 5.41 Å². The van der Waals surface area contributed by atoms with Crippen LogP contribution in [0, 0.1) is 5.41 Å². The lowest BCUT2D eigenvalue weighted by Crippen LogP contribution is -2.34. The Hall–Kier alpha value is -2.90. The molecule has 0 aliphatic carbocycles. The van der Waals surface area contributed by atoms with Gasteiger partial charge >= 0.3 is 6.18 Å². The smallest absolute Gasteiger partial charge is 0.354 e. The topological polar surface area (TPSA) is 58.1 Å². The Kier molecular flexibility index (Phi) is 6.67. The third-order valence-electron chi connectivity index (χ3n) is 5.02. The lowest BCUT2D eigenvalue weighted by Gasteiger charge is -2.29. The van der Waals surface area contributed by atoms with Crippen LogP contribution in [0.25, 0.3) is 6.08 Å². The van der Waals surface area contributed by atoms with Crippen LogP contribution in [0.5, 0.6) is 0 Å². The van der Waals surface area contributed by atoms with Gasteiger partial charge in [0.05, 0.1) is 5.56 Å². The van der Waals surface area contributed by atoms with E-state index in [4.69, 9.17) is 0 Å². The molecule has 1 fully saturated rings. The predicted molar refractivity (Wildman–Crippen MR) is 115 cm³/mol. The molecule has 1 saturated heterocycles. The molecule has 1 aliphatic rings. The highest BCUT2D eigenvalue weighted by Crippen LogP contribution is 2.33. The van der Waals surface area contributed by atoms with Crippen molar-refractivity contribution >= 4 is 17.8 Å². The van der Waals surface area contributed by atoms with E-state index in [0.717, 1.165) is 11.6 Å². The summed E-state index contributed by atoms with van der Waals surface area (Å²) in [6, 6.07) is 9.02. The Morgan fingerprint density at radius 2 is 1.74 bits per heavy atom. The number of aromatic nitrogens is 2. The van der Waals surface area contributed by atoms with Gasteiger partial charge in [0.15, 0.2) is 11.5 Å². The molecule has 0 bridgehead atoms. The zero-order valence-corrected chi connectivity index (χ0v) is 18.0. The molecule has 0 saturated carbocycles. The monoisotopic (exact) mass is 432 g/mol. The first-order chi connectivity index (χ1) is 14.5. The molecule has 1 aromatic heterocycles. The lowest BCUT2D eigenvalue weighted by molar-refractivity contribution is -0.137. The summed E-state index contributed by atoms with van der Waals surface area (Å²) in [4.78, 5) is 14.2. The summed E-state index contributed by atoms with van der Waals surface area (Å²) in [5.74, 6) is 0.392. The standard InChI is InChI=1S/C23H27F3N4O/c1-22(2,3)15-27-21(31)19-8-9-20(29-28-19)30-12-10-16(11-13-30)14-17-6-4-5-7-18(17)23(24,25)26/h4-9,14H,10-13,15H2,1-3H3,(H,27,31). The molecule has 1 aromatic carbocycles. The molecule has 1 N–H and O–H groups in total. The van der Waals surface area contributed by atoms with Crippen LogP contribution < -0.4 is 10.2 Å². The highest BCUT2D eigenvalue weighted by atomic mass is 19.4. The average molecular weight is 432 g/mol. The number of piperidine rings is 1. The SMILES string of the molecule is CC(C)(C)CNC(=O)c1ccc(N2CCC(=Cc3ccccc3C(F)(F)F)CC2)nn1. The second-order valence-electron chi connectivity index (χ2n) is 8.89. The number of amides is 1. The van der Waals surface area contributed by atoms with Crippen LogP contribution in [0.1, 0.15) is 55.2 Å². The molecule has 5 nitrogen and oxygen atoms in total. The van der Waals surface area contributed by atoms with E-state index in [1.165, 1.54) is 12.1 Å². The number of anilines is 1. The Labute approximate surface area is 180 Å². The minimum Gasteiger partial charge on any atom is -0.354 e. The number of benzene rings is 1. The van der Waals surface area contributed by atoms with Crippen molar-refractivity contribution < 1.29 is 18.0 Å². The zero-order valence-electron chi connectivity index (χ0n) is 18.0. The van der Waals surface area contributed by atoms with Crippen LogP contribution >= 0.6 is 0 Å². The third kappa shape index (κ3) is 6.29. The summed E-state index contributed by atoms with van der Waals surface area (Å²) < 4.78 is 39.6. The minimum atomic E-state index is -4.37. The third-order valence-corrected chi connectivity index (χ3v) is 5.02. The Morgan fingerprint density at radius 1 is 1.06 bits per heavy atom. The fourth-order valence-electron chi connectivity index (χ4n) is 3.32. The maximum absolute atomic E-state index is 13.2. The molecule has 0 radical (unpaired) electrons. The van der Waals surface area contributed by atoms with Crippen molar-refractivity contribution in [1.82, 2.24) is 15.5 Å². The van der Waals surface area contributed by atoms with Gasteiger partial charge in [-0.25, -0.2) is 0 Å². The normalized spacial score (nSPS) is 15.0. The van der Waals surface area contributed by atoms with Crippen LogP contribution in [-0.4, -0.2) is 35.7 Å². The van der Waals surface area contributed by atoms with Gasteiger partial charge in [-0.2, -0.15) is 13.2 Å². The van der Waals surface area contributed by atoms with Gasteiger partial charge in [0, 0.05) is 19.6 Å². The second-order valence-corrected chi connectivity index (χ2v) is 8.89. The van der Waals surface area contributed by atoms with E-state index >= 15 is 0 Å². The van der Waals surface area contributed by atoms with E-state index < -0.39 is 11.7 Å². The molecule has 8 heteroatoms. The lowest BCUT2D eigenvalue weighted by atomic mass is 9.97. The zero-order chi connectivity index (χ0) is 22.6. The van der Waals surface area contributed by atoms with E-state index in [1.54, 1.807) is 24.3 Å². The highest BCUT2D eigenvalue weighted by Gasteiger charge is 2.32. The largest absolute Gasteiger partial charge is 0.416 e. The van der Waals surface area contributed by atoms with Crippen LogP contribution in [-0.2, 0) is 6.18 Å². The fraction of sp³-hybridized carbons (Fsp3) is 0.435. The summed E-state index contributed by atoms with van der Waals surface area (Å²) in [6.07, 6.45) is -1.44. The molecule has 2 aromatic rings. The van der Waals surface area contributed by atoms with Gasteiger partial charge in [0.2, 0.25) is 0 Å². The molecular weight excluding hydrogens is 405 g/mol. The van der Waals surface area contributed by atoms with Crippen molar-refractivity contribution in [3.8, 4) is 0 Å². The summed E-state index contributed by atoms with van der Waals surface area (Å²) in [5.41, 5.74) is 0.788. The molecule has 2 heterocycles. The number of carbonyl (C=O) groups excluding carboxylic acids is 1. The first kappa shape index (κ1) is 22.8. The maximum Gasteiger partial charge on any atom is 0.416 e. The average Bonchev–Trinajstić information content (AvgIpc) is 2.72. The van der Waals surface area contributed by atoms with Gasteiger partial charge in [0.25, 0.3) is 5.91 Å². The number of rotatable bonds is 4. The molecule has 166 valence electrons. The molecule has 1 amide bonds. The molecular formula is C23H27F3N4O. The quantitative estimate of drug-likeness (QED) is 0.742. The predicted octanol–water partition coefficient (Wildman–Crippen LogP) is 4.96. The minimum absolute atomic E-state index is 0.0251. The summed E-state index contributed by atoms with van der Waals surface area (Å²) >= 11 is 0. The summed E-state index contributed by atoms with van der Waals surface area (Å²) in [6.45, 7) is 7.89. The fourth-order valence-corrected chi connectivity index (χ4v) is 3.32. The van der Waals surface area contributed by atoms with Crippen molar-refractivity contribution in [3.63, 3.8) is 0 Å². The van der Waals surface area contributed by atoms with Crippen molar-refractivity contribution in [2.45, 2.75) is 39.8 Å². The molecule has 31 heavy (non-hydrogen) atoms.